The van der Waals surface area contributed by atoms with Crippen molar-refractivity contribution >= 4 is 61.2 Å². The van der Waals surface area contributed by atoms with E-state index in [9.17, 15) is 32.8 Å². The first-order valence-corrected chi connectivity index (χ1v) is 14.5. The fourth-order valence-electron chi connectivity index (χ4n) is 4.34. The highest BCUT2D eigenvalue weighted by molar-refractivity contribution is 7.86. The van der Waals surface area contributed by atoms with Crippen molar-refractivity contribution in [2.45, 2.75) is 11.8 Å². The maximum atomic E-state index is 12.1. The minimum atomic E-state index is -4.79. The lowest BCUT2D eigenvalue weighted by Gasteiger charge is -2.10. The molecule has 0 unspecified atom stereocenters. The number of anilines is 1. The van der Waals surface area contributed by atoms with Crippen molar-refractivity contribution in [3.05, 3.63) is 96.6 Å². The fourth-order valence-corrected chi connectivity index (χ4v) is 4.99. The van der Waals surface area contributed by atoms with Gasteiger partial charge in [0.15, 0.2) is 5.75 Å². The molecule has 226 valence electrons. The SMILES string of the molecule is CC(=O)Nc1ccc2cc(S(=O)(=O)O)c(N=Nc3ccc(-c4ccc(N=Nc5ccc(O)c(C(=O)O)c5)cc4)cc3)c(O)c2c1. The molecule has 5 rings (SSSR count). The van der Waals surface area contributed by atoms with E-state index in [4.69, 9.17) is 5.11 Å². The molecule has 0 aromatic heterocycles. The van der Waals surface area contributed by atoms with E-state index in [2.05, 4.69) is 25.8 Å². The number of carboxylic acid groups (broad SMARTS) is 1. The van der Waals surface area contributed by atoms with E-state index in [1.807, 2.05) is 0 Å². The fraction of sp³-hybridized carbons (Fsp3) is 0.0323. The lowest BCUT2D eigenvalue weighted by molar-refractivity contribution is -0.114. The van der Waals surface area contributed by atoms with Crippen LogP contribution in [-0.2, 0) is 14.9 Å². The number of carboxylic acids is 1. The number of phenols is 2. The summed E-state index contributed by atoms with van der Waals surface area (Å²) in [6.07, 6.45) is 0. The molecule has 14 heteroatoms. The standard InChI is InChI=1S/C31H23N5O8S/c1-17(37)32-23-11-6-20-14-28(45(42,43)44)29(30(39)25(20)15-23)36-34-22-9-4-19(5-10-22)18-2-7-21(8-3-18)33-35-24-12-13-27(38)26(16-24)31(40)41/h2-16,38-39H,1H3,(H,32,37)(H,40,41)(H,42,43,44). The number of amides is 1. The van der Waals surface area contributed by atoms with Gasteiger partial charge >= 0.3 is 5.97 Å². The zero-order chi connectivity index (χ0) is 32.3. The van der Waals surface area contributed by atoms with Gasteiger partial charge in [0.2, 0.25) is 5.91 Å². The Morgan fingerprint density at radius 1 is 0.711 bits per heavy atom. The average Bonchev–Trinajstić information content (AvgIpc) is 3.00. The largest absolute Gasteiger partial charge is 0.507 e. The zero-order valence-corrected chi connectivity index (χ0v) is 24.1. The van der Waals surface area contributed by atoms with Crippen LogP contribution < -0.4 is 5.32 Å². The van der Waals surface area contributed by atoms with E-state index in [0.717, 1.165) is 17.2 Å². The molecule has 0 saturated carbocycles. The van der Waals surface area contributed by atoms with Crippen molar-refractivity contribution in [3.8, 4) is 22.6 Å². The van der Waals surface area contributed by atoms with Crippen LogP contribution in [0.25, 0.3) is 21.9 Å². The van der Waals surface area contributed by atoms with Crippen LogP contribution in [0.15, 0.2) is 116 Å². The Labute approximate surface area is 255 Å². The molecule has 0 aliphatic carbocycles. The number of carbonyl (C=O) groups is 2. The number of hydrogen-bond acceptors (Lipinski definition) is 10. The number of phenolic OH excluding ortho intramolecular Hbond substituents is 1. The van der Waals surface area contributed by atoms with Crippen LogP contribution in [0.1, 0.15) is 17.3 Å². The van der Waals surface area contributed by atoms with Crippen LogP contribution in [-0.4, -0.2) is 40.2 Å². The van der Waals surface area contributed by atoms with E-state index < -0.39 is 32.4 Å². The van der Waals surface area contributed by atoms with Gasteiger partial charge < -0.3 is 20.6 Å². The molecule has 5 aromatic rings. The second kappa shape index (κ2) is 12.3. The number of hydrogen-bond donors (Lipinski definition) is 5. The number of fused-ring (bicyclic) bond motifs is 1. The maximum absolute atomic E-state index is 12.1. The van der Waals surface area contributed by atoms with Gasteiger partial charge in [0.05, 0.1) is 17.1 Å². The highest BCUT2D eigenvalue weighted by atomic mass is 32.2. The number of benzene rings is 5. The molecule has 0 spiro atoms. The first kappa shape index (κ1) is 30.5. The number of aromatic hydroxyl groups is 2. The third-order valence-corrected chi connectivity index (χ3v) is 7.34. The molecular formula is C31H23N5O8S. The number of carbonyl (C=O) groups excluding carboxylic acids is 1. The minimum absolute atomic E-state index is 0.189. The van der Waals surface area contributed by atoms with Crippen LogP contribution in [0.3, 0.4) is 0 Å². The summed E-state index contributed by atoms with van der Waals surface area (Å²) in [5.74, 6) is -2.53. The minimum Gasteiger partial charge on any atom is -0.507 e. The molecule has 0 fully saturated rings. The Bertz CT molecular complexity index is 2130. The Hall–Kier alpha value is -5.99. The highest BCUT2D eigenvalue weighted by Crippen LogP contribution is 2.42. The van der Waals surface area contributed by atoms with Crippen LogP contribution in [0.4, 0.5) is 28.4 Å². The van der Waals surface area contributed by atoms with E-state index >= 15 is 0 Å². The van der Waals surface area contributed by atoms with Gasteiger partial charge in [0.1, 0.15) is 21.9 Å². The molecule has 0 aliphatic rings. The van der Waals surface area contributed by atoms with Crippen molar-refractivity contribution in [2.24, 2.45) is 20.5 Å². The predicted molar refractivity (Wildman–Crippen MR) is 165 cm³/mol. The Balaban J connectivity index is 1.37. The number of azo groups is 2. The van der Waals surface area contributed by atoms with Gasteiger partial charge in [-0.3, -0.25) is 9.35 Å². The van der Waals surface area contributed by atoms with Gasteiger partial charge in [-0.2, -0.15) is 23.8 Å². The topological polar surface area (TPSA) is 211 Å². The quantitative estimate of drug-likeness (QED) is 0.0851. The van der Waals surface area contributed by atoms with E-state index in [1.165, 1.54) is 43.3 Å². The summed E-state index contributed by atoms with van der Waals surface area (Å²) in [5.41, 5.74) is 2.33. The highest BCUT2D eigenvalue weighted by Gasteiger charge is 2.22. The smallest absolute Gasteiger partial charge is 0.339 e. The number of nitrogens with one attached hydrogen (secondary N) is 1. The molecular weight excluding hydrogens is 602 g/mol. The Kier molecular flexibility index (Phi) is 8.34. The Morgan fingerprint density at radius 3 is 1.82 bits per heavy atom. The maximum Gasteiger partial charge on any atom is 0.339 e. The van der Waals surface area contributed by atoms with Gasteiger partial charge in [-0.15, -0.1) is 5.11 Å². The van der Waals surface area contributed by atoms with Crippen molar-refractivity contribution in [1.82, 2.24) is 0 Å². The van der Waals surface area contributed by atoms with Gasteiger partial charge in [-0.25, -0.2) is 4.79 Å². The van der Waals surface area contributed by atoms with Gasteiger partial charge in [0.25, 0.3) is 10.1 Å². The van der Waals surface area contributed by atoms with Crippen molar-refractivity contribution in [1.29, 1.82) is 0 Å². The van der Waals surface area contributed by atoms with E-state index in [-0.39, 0.29) is 33.7 Å². The molecule has 0 bridgehead atoms. The monoisotopic (exact) mass is 625 g/mol. The van der Waals surface area contributed by atoms with Crippen LogP contribution in [0.5, 0.6) is 11.5 Å². The molecule has 5 N–H and O–H groups in total. The first-order chi connectivity index (χ1) is 21.4. The van der Waals surface area contributed by atoms with Crippen LogP contribution in [0, 0.1) is 0 Å². The predicted octanol–water partition coefficient (Wildman–Crippen LogP) is 7.65. The molecule has 13 nitrogen and oxygen atoms in total. The zero-order valence-electron chi connectivity index (χ0n) is 23.3. The lowest BCUT2D eigenvalue weighted by atomic mass is 10.1. The molecule has 0 radical (unpaired) electrons. The second-order valence-electron chi connectivity index (χ2n) is 9.66. The molecule has 0 heterocycles. The number of aromatic carboxylic acids is 1. The van der Waals surface area contributed by atoms with Crippen LogP contribution in [0.2, 0.25) is 0 Å². The van der Waals surface area contributed by atoms with Crippen molar-refractivity contribution in [3.63, 3.8) is 0 Å². The van der Waals surface area contributed by atoms with Crippen LogP contribution >= 0.6 is 0 Å². The summed E-state index contributed by atoms with van der Waals surface area (Å²) < 4.78 is 34.0. The summed E-state index contributed by atoms with van der Waals surface area (Å²) >= 11 is 0. The summed E-state index contributed by atoms with van der Waals surface area (Å²) in [7, 11) is -4.79. The average molecular weight is 626 g/mol. The molecule has 45 heavy (non-hydrogen) atoms. The summed E-state index contributed by atoms with van der Waals surface area (Å²) in [5, 5.41) is 48.8. The lowest BCUT2D eigenvalue weighted by Crippen LogP contribution is -2.05. The second-order valence-corrected chi connectivity index (χ2v) is 11.1. The van der Waals surface area contributed by atoms with E-state index in [0.29, 0.717) is 17.1 Å². The summed E-state index contributed by atoms with van der Waals surface area (Å²) in [6, 6.07) is 23.2. The number of nitrogens with zero attached hydrogens (tertiary/aromatic N) is 4. The Morgan fingerprint density at radius 2 is 1.27 bits per heavy atom. The van der Waals surface area contributed by atoms with Crippen molar-refractivity contribution < 1.29 is 37.9 Å². The molecule has 0 saturated heterocycles. The van der Waals surface area contributed by atoms with Gasteiger partial charge in [-0.05, 0) is 77.2 Å². The summed E-state index contributed by atoms with van der Waals surface area (Å²) in [4.78, 5) is 22.0. The third kappa shape index (κ3) is 6.98. The van der Waals surface area contributed by atoms with Gasteiger partial charge in [-0.1, -0.05) is 30.3 Å². The first-order valence-electron chi connectivity index (χ1n) is 13.0. The number of rotatable bonds is 8. The molecule has 1 amide bonds. The summed E-state index contributed by atoms with van der Waals surface area (Å²) in [6.45, 7) is 1.32. The molecule has 0 atom stereocenters. The van der Waals surface area contributed by atoms with E-state index in [1.54, 1.807) is 48.5 Å². The van der Waals surface area contributed by atoms with Gasteiger partial charge in [0, 0.05) is 18.0 Å². The van der Waals surface area contributed by atoms with Crippen molar-refractivity contribution in [2.75, 3.05) is 5.32 Å². The third-order valence-electron chi connectivity index (χ3n) is 6.48. The molecule has 0 aliphatic heterocycles. The normalized spacial score (nSPS) is 11.8. The molecule has 5 aromatic carbocycles.